The number of sulfonamides is 1. The van der Waals surface area contributed by atoms with E-state index in [1.807, 2.05) is 18.2 Å². The predicted octanol–water partition coefficient (Wildman–Crippen LogP) is -1.37. The number of pyridine rings is 1. The Balaban J connectivity index is 0.000000751. The molecule has 4 rings (SSSR count). The van der Waals surface area contributed by atoms with E-state index in [-0.39, 0.29) is 17.9 Å². The SMILES string of the molecule is CC(=O)[O-].NCCS(=O)(=O)c1ccc(-c2cnc3c(c2)C=CC3)c(-c2nn[nH]n2)c1S(N)(=O)=O. The zero-order valence-electron chi connectivity index (χ0n) is 17.8. The molecule has 180 valence electrons. The van der Waals surface area contributed by atoms with E-state index >= 15 is 0 Å². The molecule has 0 bridgehead atoms. The van der Waals surface area contributed by atoms with Crippen LogP contribution in [0.3, 0.4) is 0 Å². The highest BCUT2D eigenvalue weighted by atomic mass is 32.2. The van der Waals surface area contributed by atoms with Crippen molar-refractivity contribution in [1.29, 1.82) is 0 Å². The number of carbonyl (C=O) groups is 1. The number of primary sulfonamides is 1. The molecule has 1 aliphatic rings. The average Bonchev–Trinajstić information content (AvgIpc) is 3.43. The van der Waals surface area contributed by atoms with Crippen molar-refractivity contribution in [3.05, 3.63) is 41.7 Å². The second-order valence-electron chi connectivity index (χ2n) is 7.06. The van der Waals surface area contributed by atoms with Gasteiger partial charge < -0.3 is 15.6 Å². The van der Waals surface area contributed by atoms with Gasteiger partial charge in [0.05, 0.1) is 21.9 Å². The number of aliphatic carboxylic acids is 1. The summed E-state index contributed by atoms with van der Waals surface area (Å²) in [6, 6.07) is 4.50. The zero-order valence-corrected chi connectivity index (χ0v) is 19.4. The fraction of sp³-hybridized carbons (Fsp3) is 0.211. The van der Waals surface area contributed by atoms with E-state index in [4.69, 9.17) is 20.8 Å². The van der Waals surface area contributed by atoms with Gasteiger partial charge >= 0.3 is 0 Å². The van der Waals surface area contributed by atoms with E-state index < -0.39 is 41.4 Å². The van der Waals surface area contributed by atoms with Crippen LogP contribution in [-0.2, 0) is 31.1 Å². The molecule has 3 aromatic rings. The lowest BCUT2D eigenvalue weighted by atomic mass is 9.99. The van der Waals surface area contributed by atoms with Crippen molar-refractivity contribution in [2.24, 2.45) is 10.9 Å². The lowest BCUT2D eigenvalue weighted by molar-refractivity contribution is -0.302. The Morgan fingerprint density at radius 3 is 2.53 bits per heavy atom. The van der Waals surface area contributed by atoms with Gasteiger partial charge in [0.1, 0.15) is 4.90 Å². The molecule has 15 heteroatoms. The molecule has 34 heavy (non-hydrogen) atoms. The highest BCUT2D eigenvalue weighted by Crippen LogP contribution is 2.39. The van der Waals surface area contributed by atoms with Crippen LogP contribution in [0, 0.1) is 0 Å². The minimum atomic E-state index is -4.51. The van der Waals surface area contributed by atoms with Crippen molar-refractivity contribution in [2.45, 2.75) is 23.1 Å². The second-order valence-corrected chi connectivity index (χ2v) is 10.6. The number of nitrogens with zero attached hydrogens (tertiary/aromatic N) is 4. The molecule has 2 heterocycles. The summed E-state index contributed by atoms with van der Waals surface area (Å²) < 4.78 is 50.6. The molecule has 2 aromatic heterocycles. The van der Waals surface area contributed by atoms with Crippen LogP contribution in [-0.4, -0.2) is 60.7 Å². The summed E-state index contributed by atoms with van der Waals surface area (Å²) in [4.78, 5) is 12.2. The van der Waals surface area contributed by atoms with Crippen LogP contribution in [0.2, 0.25) is 0 Å². The van der Waals surface area contributed by atoms with Crippen molar-refractivity contribution >= 4 is 31.9 Å². The molecule has 0 aliphatic heterocycles. The van der Waals surface area contributed by atoms with Crippen LogP contribution in [0.1, 0.15) is 18.2 Å². The van der Waals surface area contributed by atoms with E-state index in [1.165, 1.54) is 12.1 Å². The van der Waals surface area contributed by atoms with Crippen LogP contribution in [0.4, 0.5) is 0 Å². The van der Waals surface area contributed by atoms with Gasteiger partial charge in [0, 0.05) is 30.7 Å². The summed E-state index contributed by atoms with van der Waals surface area (Å²) in [5, 5.41) is 27.8. The molecule has 0 fully saturated rings. The summed E-state index contributed by atoms with van der Waals surface area (Å²) in [7, 11) is -8.55. The second kappa shape index (κ2) is 9.76. The molecule has 0 saturated carbocycles. The fourth-order valence-corrected chi connectivity index (χ4v) is 6.11. The number of carbonyl (C=O) groups excluding carboxylic acids is 1. The third-order valence-electron chi connectivity index (χ3n) is 4.62. The summed E-state index contributed by atoms with van der Waals surface area (Å²) in [5.74, 6) is -1.65. The van der Waals surface area contributed by atoms with Gasteiger partial charge in [-0.2, -0.15) is 5.21 Å². The summed E-state index contributed by atoms with van der Waals surface area (Å²) in [6.07, 6.45) is 6.14. The lowest BCUT2D eigenvalue weighted by Gasteiger charge is -2.16. The number of tetrazole rings is 1. The standard InChI is InChI=1S/C17H17N7O4S2.C2H4O2/c18-6-7-29(25,26)14-5-4-12(11-8-10-2-1-3-13(10)20-9-11)15(16(14)30(19,27)28)17-21-23-24-22-17;1-2(3)4/h1-2,4-5,8-9H,3,6-7,18H2,(H2,19,27,28)(H,21,22,23,24);1H3,(H,3,4)/p-1. The van der Waals surface area contributed by atoms with Crippen molar-refractivity contribution in [3.8, 4) is 22.5 Å². The molecule has 0 radical (unpaired) electrons. The van der Waals surface area contributed by atoms with Gasteiger partial charge in [0.15, 0.2) is 9.84 Å². The smallest absolute Gasteiger partial charge is 0.240 e. The van der Waals surface area contributed by atoms with Gasteiger partial charge in [-0.1, -0.05) is 18.2 Å². The molecule has 1 aliphatic carbocycles. The molecule has 0 amide bonds. The average molecular weight is 507 g/mol. The number of nitrogens with two attached hydrogens (primary N) is 2. The van der Waals surface area contributed by atoms with Crippen LogP contribution in [0.5, 0.6) is 0 Å². The van der Waals surface area contributed by atoms with E-state index in [2.05, 4.69) is 25.6 Å². The molecule has 13 nitrogen and oxygen atoms in total. The Bertz CT molecular complexity index is 1460. The molecule has 5 N–H and O–H groups in total. The number of hydrogen-bond donors (Lipinski definition) is 3. The van der Waals surface area contributed by atoms with E-state index in [9.17, 15) is 16.8 Å². The largest absolute Gasteiger partial charge is 0.550 e. The number of H-pyrrole nitrogens is 1. The molecule has 0 saturated heterocycles. The topological polar surface area (TPSA) is 228 Å². The van der Waals surface area contributed by atoms with Gasteiger partial charge in [-0.3, -0.25) is 4.98 Å². The van der Waals surface area contributed by atoms with Crippen LogP contribution in [0.25, 0.3) is 28.6 Å². The number of hydrogen-bond acceptors (Lipinski definition) is 11. The number of carboxylic acids is 1. The monoisotopic (exact) mass is 506 g/mol. The molecular formula is C19H20N7O6S2-. The maximum Gasteiger partial charge on any atom is 0.240 e. The summed E-state index contributed by atoms with van der Waals surface area (Å²) in [5.41, 5.74) is 7.99. The number of aromatic nitrogens is 5. The van der Waals surface area contributed by atoms with Crippen molar-refractivity contribution in [2.75, 3.05) is 12.3 Å². The predicted molar refractivity (Wildman–Crippen MR) is 119 cm³/mol. The third kappa shape index (κ3) is 5.33. The zero-order chi connectivity index (χ0) is 25.1. The normalized spacial score (nSPS) is 12.7. The van der Waals surface area contributed by atoms with E-state index in [0.29, 0.717) is 17.5 Å². The Morgan fingerprint density at radius 2 is 1.94 bits per heavy atom. The van der Waals surface area contributed by atoms with Crippen LogP contribution in [0.15, 0.2) is 40.3 Å². The number of benzene rings is 1. The van der Waals surface area contributed by atoms with Crippen molar-refractivity contribution in [1.82, 2.24) is 25.6 Å². The summed E-state index contributed by atoms with van der Waals surface area (Å²) >= 11 is 0. The molecular weight excluding hydrogens is 486 g/mol. The molecule has 0 spiro atoms. The number of nitrogens with one attached hydrogen (secondary N) is 1. The molecule has 0 unspecified atom stereocenters. The highest BCUT2D eigenvalue weighted by Gasteiger charge is 2.32. The number of carboxylic acid groups (broad SMARTS) is 1. The van der Waals surface area contributed by atoms with Gasteiger partial charge in [-0.15, -0.1) is 10.2 Å². The molecule has 0 atom stereocenters. The third-order valence-corrected chi connectivity index (χ3v) is 7.53. The van der Waals surface area contributed by atoms with Crippen LogP contribution >= 0.6 is 0 Å². The first-order valence-corrected chi connectivity index (χ1v) is 12.9. The minimum absolute atomic E-state index is 0.0759. The quantitative estimate of drug-likeness (QED) is 0.353. The van der Waals surface area contributed by atoms with Crippen molar-refractivity contribution < 1.29 is 26.7 Å². The lowest BCUT2D eigenvalue weighted by Crippen LogP contribution is -2.22. The van der Waals surface area contributed by atoms with Gasteiger partial charge in [-0.05, 0) is 35.4 Å². The van der Waals surface area contributed by atoms with Crippen LogP contribution < -0.4 is 16.0 Å². The number of fused-ring (bicyclic) bond motifs is 1. The first-order valence-electron chi connectivity index (χ1n) is 9.65. The Hall–Kier alpha value is -3.53. The number of rotatable bonds is 6. The Kier molecular flexibility index (Phi) is 7.21. The van der Waals surface area contributed by atoms with Crippen molar-refractivity contribution in [3.63, 3.8) is 0 Å². The Labute approximate surface area is 194 Å². The highest BCUT2D eigenvalue weighted by molar-refractivity contribution is 7.93. The van der Waals surface area contributed by atoms with Gasteiger partial charge in [0.25, 0.3) is 0 Å². The summed E-state index contributed by atoms with van der Waals surface area (Å²) in [6.45, 7) is 0.784. The number of allylic oxidation sites excluding steroid dienone is 1. The maximum atomic E-state index is 12.7. The minimum Gasteiger partial charge on any atom is -0.550 e. The molecule has 1 aromatic carbocycles. The maximum absolute atomic E-state index is 12.7. The van der Waals surface area contributed by atoms with E-state index in [1.54, 1.807) is 6.20 Å². The number of aromatic amines is 1. The first kappa shape index (κ1) is 25.1. The first-order chi connectivity index (χ1) is 16.0. The van der Waals surface area contributed by atoms with E-state index in [0.717, 1.165) is 18.2 Å². The Morgan fingerprint density at radius 1 is 1.24 bits per heavy atom. The van der Waals surface area contributed by atoms with Gasteiger partial charge in [-0.25, -0.2) is 22.0 Å². The fourth-order valence-electron chi connectivity index (χ4n) is 3.36. The number of sulfone groups is 1. The van der Waals surface area contributed by atoms with Gasteiger partial charge in [0.2, 0.25) is 15.8 Å².